The minimum atomic E-state index is -0.702. The lowest BCUT2D eigenvalue weighted by Gasteiger charge is -2.33. The van der Waals surface area contributed by atoms with E-state index in [1.54, 1.807) is 0 Å². The van der Waals surface area contributed by atoms with E-state index >= 15 is 0 Å². The van der Waals surface area contributed by atoms with Crippen LogP contribution in [-0.4, -0.2) is 35.1 Å². The van der Waals surface area contributed by atoms with E-state index in [0.29, 0.717) is 0 Å². The molecule has 3 heteroatoms. The zero-order valence-electron chi connectivity index (χ0n) is 13.6. The van der Waals surface area contributed by atoms with E-state index in [2.05, 4.69) is 20.8 Å². The molecule has 0 aromatic heterocycles. The number of ether oxygens (including phenoxy) is 1. The zero-order chi connectivity index (χ0) is 15.0. The van der Waals surface area contributed by atoms with E-state index in [-0.39, 0.29) is 18.1 Å². The minimum absolute atomic E-state index is 0.182. The van der Waals surface area contributed by atoms with Crippen LogP contribution in [0.5, 0.6) is 0 Å². The summed E-state index contributed by atoms with van der Waals surface area (Å²) in [6.45, 7) is 7.07. The molecule has 0 aromatic carbocycles. The number of unbranched alkanes of at least 4 members (excludes halogenated alkanes) is 4. The van der Waals surface area contributed by atoms with Crippen LogP contribution >= 0.6 is 0 Å². The molecular weight excluding hydrogens is 252 g/mol. The van der Waals surface area contributed by atoms with E-state index < -0.39 is 12.2 Å². The third-order valence-corrected chi connectivity index (χ3v) is 4.72. The molecule has 3 nitrogen and oxygen atoms in total. The lowest BCUT2D eigenvalue weighted by molar-refractivity contribution is -0.00565. The van der Waals surface area contributed by atoms with Crippen LogP contribution < -0.4 is 0 Å². The topological polar surface area (TPSA) is 49.7 Å². The largest absolute Gasteiger partial charge is 0.388 e. The Kier molecular flexibility index (Phi) is 8.08. The monoisotopic (exact) mass is 286 g/mol. The van der Waals surface area contributed by atoms with E-state index in [9.17, 15) is 10.2 Å². The zero-order valence-corrected chi connectivity index (χ0v) is 13.6. The van der Waals surface area contributed by atoms with E-state index in [1.165, 1.54) is 51.4 Å². The highest BCUT2D eigenvalue weighted by atomic mass is 16.5. The van der Waals surface area contributed by atoms with Crippen LogP contribution in [0.4, 0.5) is 0 Å². The van der Waals surface area contributed by atoms with Gasteiger partial charge >= 0.3 is 0 Å². The van der Waals surface area contributed by atoms with Gasteiger partial charge in [0.25, 0.3) is 0 Å². The number of hydrogen-bond donors (Lipinski definition) is 2. The fourth-order valence-corrected chi connectivity index (χ4v) is 3.24. The molecule has 0 aromatic rings. The lowest BCUT2D eigenvalue weighted by Crippen LogP contribution is -2.34. The maximum Gasteiger partial charge on any atom is 0.108 e. The first-order chi connectivity index (χ1) is 9.52. The molecule has 20 heavy (non-hydrogen) atoms. The molecule has 0 aliphatic carbocycles. The molecule has 2 N–H and O–H groups in total. The Hall–Kier alpha value is -0.120. The Morgan fingerprint density at radius 2 is 1.65 bits per heavy atom. The van der Waals surface area contributed by atoms with Gasteiger partial charge in [0, 0.05) is 0 Å². The molecule has 120 valence electrons. The Balaban J connectivity index is 2.48. The van der Waals surface area contributed by atoms with Crippen molar-refractivity contribution in [1.82, 2.24) is 0 Å². The molecule has 0 radical (unpaired) electrons. The molecule has 0 amide bonds. The maximum absolute atomic E-state index is 9.98. The van der Waals surface area contributed by atoms with E-state index in [4.69, 9.17) is 4.74 Å². The maximum atomic E-state index is 9.98. The molecule has 1 saturated heterocycles. The van der Waals surface area contributed by atoms with Crippen LogP contribution in [0.3, 0.4) is 0 Å². The van der Waals surface area contributed by atoms with Crippen molar-refractivity contribution in [2.45, 2.75) is 96.9 Å². The molecule has 1 rings (SSSR count). The van der Waals surface area contributed by atoms with Gasteiger partial charge in [0.05, 0.1) is 12.7 Å². The summed E-state index contributed by atoms with van der Waals surface area (Å²) >= 11 is 0. The molecule has 4 unspecified atom stereocenters. The Morgan fingerprint density at radius 3 is 2.20 bits per heavy atom. The van der Waals surface area contributed by atoms with Crippen LogP contribution in [-0.2, 0) is 4.74 Å². The first-order valence-corrected chi connectivity index (χ1v) is 8.50. The first-order valence-electron chi connectivity index (χ1n) is 8.50. The number of hydrogen-bond acceptors (Lipinski definition) is 3. The number of rotatable bonds is 10. The Bertz CT molecular complexity index is 257. The van der Waals surface area contributed by atoms with Crippen LogP contribution in [0, 0.1) is 5.41 Å². The summed E-state index contributed by atoms with van der Waals surface area (Å²) in [7, 11) is 0. The summed E-state index contributed by atoms with van der Waals surface area (Å²) in [6, 6.07) is 0. The SMILES string of the molecule is CCCCCCC(C)(CCCC)CC1OCC(O)C1O. The minimum Gasteiger partial charge on any atom is -0.388 e. The molecule has 4 atom stereocenters. The average molecular weight is 286 g/mol. The summed E-state index contributed by atoms with van der Waals surface area (Å²) in [4.78, 5) is 0. The van der Waals surface area contributed by atoms with Gasteiger partial charge in [-0.3, -0.25) is 0 Å². The Labute approximate surface area is 124 Å². The van der Waals surface area contributed by atoms with Gasteiger partial charge in [-0.15, -0.1) is 0 Å². The standard InChI is InChI=1S/C17H34O3/c1-4-6-8-9-11-17(3,10-7-5-2)12-15-16(19)14(18)13-20-15/h14-16,18-19H,4-13H2,1-3H3. The van der Waals surface area contributed by atoms with Gasteiger partial charge in [-0.2, -0.15) is 0 Å². The number of aliphatic hydroxyl groups is 2. The van der Waals surface area contributed by atoms with Gasteiger partial charge in [0.2, 0.25) is 0 Å². The van der Waals surface area contributed by atoms with Gasteiger partial charge in [0.1, 0.15) is 12.2 Å². The molecular formula is C17H34O3. The molecule has 1 fully saturated rings. The van der Waals surface area contributed by atoms with Crippen LogP contribution in [0.1, 0.15) is 78.6 Å². The van der Waals surface area contributed by atoms with Crippen molar-refractivity contribution in [3.63, 3.8) is 0 Å². The summed E-state index contributed by atoms with van der Waals surface area (Å²) in [5.41, 5.74) is 0.236. The van der Waals surface area contributed by atoms with Crippen molar-refractivity contribution in [1.29, 1.82) is 0 Å². The van der Waals surface area contributed by atoms with Crippen molar-refractivity contribution >= 4 is 0 Å². The lowest BCUT2D eigenvalue weighted by atomic mass is 9.75. The van der Waals surface area contributed by atoms with E-state index in [1.807, 2.05) is 0 Å². The second kappa shape index (κ2) is 9.01. The summed E-state index contributed by atoms with van der Waals surface area (Å²) < 4.78 is 5.58. The van der Waals surface area contributed by atoms with Crippen molar-refractivity contribution in [3.8, 4) is 0 Å². The van der Waals surface area contributed by atoms with Crippen molar-refractivity contribution in [3.05, 3.63) is 0 Å². The van der Waals surface area contributed by atoms with Crippen molar-refractivity contribution < 1.29 is 14.9 Å². The second-order valence-corrected chi connectivity index (χ2v) is 6.86. The fourth-order valence-electron chi connectivity index (χ4n) is 3.24. The second-order valence-electron chi connectivity index (χ2n) is 6.86. The fraction of sp³-hybridized carbons (Fsp3) is 1.00. The predicted molar refractivity (Wildman–Crippen MR) is 82.8 cm³/mol. The van der Waals surface area contributed by atoms with Gasteiger partial charge in [0.15, 0.2) is 0 Å². The quantitative estimate of drug-likeness (QED) is 0.603. The molecule has 1 aliphatic rings. The van der Waals surface area contributed by atoms with E-state index in [0.717, 1.165) is 6.42 Å². The molecule has 0 saturated carbocycles. The van der Waals surface area contributed by atoms with Gasteiger partial charge in [-0.05, 0) is 24.7 Å². The summed E-state index contributed by atoms with van der Waals surface area (Å²) in [5.74, 6) is 0. The van der Waals surface area contributed by atoms with Crippen molar-refractivity contribution in [2.75, 3.05) is 6.61 Å². The van der Waals surface area contributed by atoms with Crippen LogP contribution in [0.2, 0.25) is 0 Å². The Morgan fingerprint density at radius 1 is 1.00 bits per heavy atom. The predicted octanol–water partition coefficient (Wildman–Crippen LogP) is 3.66. The third kappa shape index (κ3) is 5.71. The van der Waals surface area contributed by atoms with Crippen molar-refractivity contribution in [2.24, 2.45) is 5.41 Å². The van der Waals surface area contributed by atoms with Gasteiger partial charge in [-0.25, -0.2) is 0 Å². The number of aliphatic hydroxyl groups excluding tert-OH is 2. The van der Waals surface area contributed by atoms with Gasteiger partial charge in [-0.1, -0.05) is 59.3 Å². The van der Waals surface area contributed by atoms with Crippen LogP contribution in [0.25, 0.3) is 0 Å². The highest BCUT2D eigenvalue weighted by Gasteiger charge is 2.39. The smallest absolute Gasteiger partial charge is 0.108 e. The van der Waals surface area contributed by atoms with Gasteiger partial charge < -0.3 is 14.9 Å². The highest BCUT2D eigenvalue weighted by molar-refractivity contribution is 4.88. The normalized spacial score (nSPS) is 29.6. The summed E-state index contributed by atoms with van der Waals surface area (Å²) in [5, 5.41) is 19.6. The first kappa shape index (κ1) is 17.9. The summed E-state index contributed by atoms with van der Waals surface area (Å²) in [6.07, 6.45) is 9.27. The average Bonchev–Trinajstić information content (AvgIpc) is 2.73. The van der Waals surface area contributed by atoms with Crippen LogP contribution in [0.15, 0.2) is 0 Å². The molecule has 0 bridgehead atoms. The molecule has 1 aliphatic heterocycles. The molecule has 0 spiro atoms. The highest BCUT2D eigenvalue weighted by Crippen LogP contribution is 2.38. The third-order valence-electron chi connectivity index (χ3n) is 4.72. The molecule has 1 heterocycles.